The van der Waals surface area contributed by atoms with Crippen molar-refractivity contribution in [2.75, 3.05) is 4.90 Å². The zero-order chi connectivity index (χ0) is 49.0. The van der Waals surface area contributed by atoms with Crippen molar-refractivity contribution in [1.29, 1.82) is 0 Å². The fourth-order valence-corrected chi connectivity index (χ4v) is 8.83. The highest BCUT2D eigenvalue weighted by atomic mass is 16.3. The molecule has 0 aliphatic carbocycles. The number of hydrogen-bond donors (Lipinski definition) is 0. The molecule has 0 aliphatic heterocycles. The quantitative estimate of drug-likeness (QED) is 0.145. The van der Waals surface area contributed by atoms with E-state index in [1.165, 1.54) is 0 Å². The molecule has 0 aliphatic rings. The SMILES string of the molecule is [2H]c1c([2H])c(-c2nc3ccccc3nc2-c2ccccc2-c2ccccc2)c2c(oc3c([2H])c(-c4ccc(N(c5ccccc5)c5cc(-c6ccccc6)cc(-c6ccccc6)c5)cc4)c([2H])c([2H])c32)c1[2H]. The fraction of sp³-hybridized carbons (Fsp3) is 0. The zero-order valence-corrected chi connectivity index (χ0v) is 35.5. The lowest BCUT2D eigenvalue weighted by atomic mass is 9.93. The molecule has 0 fully saturated rings. The molecule has 0 amide bonds. The first-order chi connectivity index (χ1) is 35.2. The number of benzene rings is 10. The molecule has 2 aromatic heterocycles. The molecule has 66 heavy (non-hydrogen) atoms. The second-order valence-corrected chi connectivity index (χ2v) is 16.0. The van der Waals surface area contributed by atoms with Crippen LogP contribution in [-0.4, -0.2) is 9.97 Å². The van der Waals surface area contributed by atoms with E-state index in [0.717, 1.165) is 56.0 Å². The van der Waals surface area contributed by atoms with Crippen molar-refractivity contribution < 1.29 is 12.6 Å². The Labute approximate surface area is 391 Å². The van der Waals surface area contributed by atoms with E-state index in [9.17, 15) is 5.48 Å². The molecule has 0 unspecified atom stereocenters. The highest BCUT2D eigenvalue weighted by Gasteiger charge is 2.22. The number of hydrogen-bond acceptors (Lipinski definition) is 4. The van der Waals surface area contributed by atoms with Gasteiger partial charge in [-0.3, -0.25) is 0 Å². The number of aromatic nitrogens is 2. The van der Waals surface area contributed by atoms with E-state index >= 15 is 0 Å². The lowest BCUT2D eigenvalue weighted by molar-refractivity contribution is 0.669. The summed E-state index contributed by atoms with van der Waals surface area (Å²) in [6.45, 7) is 0. The van der Waals surface area contributed by atoms with Gasteiger partial charge in [0.1, 0.15) is 11.2 Å². The zero-order valence-electron chi connectivity index (χ0n) is 41.5. The van der Waals surface area contributed by atoms with Gasteiger partial charge in [-0.05, 0) is 117 Å². The van der Waals surface area contributed by atoms with Gasteiger partial charge >= 0.3 is 0 Å². The third-order valence-corrected chi connectivity index (χ3v) is 12.0. The summed E-state index contributed by atoms with van der Waals surface area (Å²) in [5.41, 5.74) is 12.1. The van der Waals surface area contributed by atoms with E-state index in [-0.39, 0.29) is 69.0 Å². The second kappa shape index (κ2) is 16.7. The van der Waals surface area contributed by atoms with Crippen molar-refractivity contribution in [3.63, 3.8) is 0 Å². The molecule has 12 rings (SSSR count). The van der Waals surface area contributed by atoms with Crippen LogP contribution in [0.15, 0.2) is 253 Å². The number of nitrogens with zero attached hydrogens (tertiary/aromatic N) is 3. The minimum atomic E-state index is -0.401. The van der Waals surface area contributed by atoms with Crippen molar-refractivity contribution in [3.8, 4) is 67.0 Å². The Morgan fingerprint density at radius 1 is 0.364 bits per heavy atom. The van der Waals surface area contributed by atoms with E-state index in [1.807, 2.05) is 158 Å². The van der Waals surface area contributed by atoms with Crippen LogP contribution in [-0.2, 0) is 0 Å². The summed E-state index contributed by atoms with van der Waals surface area (Å²) in [6, 6.07) is 68.4. The van der Waals surface area contributed by atoms with Crippen molar-refractivity contribution >= 4 is 50.0 Å². The molecule has 0 atom stereocenters. The first kappa shape index (κ1) is 32.8. The van der Waals surface area contributed by atoms with Gasteiger partial charge in [-0.1, -0.05) is 176 Å². The normalized spacial score (nSPS) is 12.6. The summed E-state index contributed by atoms with van der Waals surface area (Å²) in [4.78, 5) is 12.5. The van der Waals surface area contributed by atoms with E-state index in [2.05, 4.69) is 59.5 Å². The van der Waals surface area contributed by atoms with Gasteiger partial charge in [0.2, 0.25) is 0 Å². The average Bonchev–Trinajstić information content (AvgIpc) is 3.84. The second-order valence-electron chi connectivity index (χ2n) is 16.0. The lowest BCUT2D eigenvalue weighted by Crippen LogP contribution is -2.10. The van der Waals surface area contributed by atoms with Gasteiger partial charge in [0, 0.05) is 39.0 Å². The fourth-order valence-electron chi connectivity index (χ4n) is 8.83. The molecule has 12 aromatic rings. The Bertz CT molecular complexity index is 3980. The summed E-state index contributed by atoms with van der Waals surface area (Å²) >= 11 is 0. The smallest absolute Gasteiger partial charge is 0.136 e. The first-order valence-electron chi connectivity index (χ1n) is 24.8. The van der Waals surface area contributed by atoms with Crippen LogP contribution in [0.4, 0.5) is 17.1 Å². The van der Waals surface area contributed by atoms with Crippen LogP contribution >= 0.6 is 0 Å². The average molecular weight is 850 g/mol. The maximum Gasteiger partial charge on any atom is 0.136 e. The standard InChI is InChI=1S/C62H41N3O/c1-5-18-42(19-6-1)47-38-48(43-20-7-2-8-21-43)40-51(39-47)65(49-24-11-4-12-25-49)50-35-32-44(33-36-50)46-34-37-54-59(41-46)66-58-31-17-28-55(60(54)58)62-61(63-56-29-15-16-30-57(56)64-62)53-27-14-13-26-52(53)45-22-9-3-10-23-45/h1-41H/i17D,28D,31D,34D,37D,41D. The van der Waals surface area contributed by atoms with Gasteiger partial charge in [0.05, 0.1) is 30.6 Å². The van der Waals surface area contributed by atoms with Crippen LogP contribution in [0.2, 0.25) is 0 Å². The highest BCUT2D eigenvalue weighted by Crippen LogP contribution is 2.44. The minimum absolute atomic E-state index is 0.0260. The van der Waals surface area contributed by atoms with Crippen LogP contribution < -0.4 is 4.90 Å². The van der Waals surface area contributed by atoms with Gasteiger partial charge in [0.15, 0.2) is 0 Å². The predicted molar refractivity (Wildman–Crippen MR) is 274 cm³/mol. The van der Waals surface area contributed by atoms with Crippen LogP contribution in [0.1, 0.15) is 8.22 Å². The van der Waals surface area contributed by atoms with E-state index in [1.54, 1.807) is 0 Å². The maximum atomic E-state index is 9.74. The number of rotatable bonds is 9. The highest BCUT2D eigenvalue weighted by molar-refractivity contribution is 6.14. The van der Waals surface area contributed by atoms with Crippen molar-refractivity contribution in [2.24, 2.45) is 0 Å². The molecule has 0 saturated carbocycles. The molecule has 0 spiro atoms. The summed E-state index contributed by atoms with van der Waals surface area (Å²) in [7, 11) is 0. The Morgan fingerprint density at radius 3 is 1.52 bits per heavy atom. The number of fused-ring (bicyclic) bond motifs is 4. The molecule has 310 valence electrons. The molecule has 0 bridgehead atoms. The Morgan fingerprint density at radius 2 is 0.879 bits per heavy atom. The summed E-state index contributed by atoms with van der Waals surface area (Å²) < 4.78 is 63.3. The third kappa shape index (κ3) is 7.17. The molecule has 0 saturated heterocycles. The summed E-state index contributed by atoms with van der Waals surface area (Å²) in [6.07, 6.45) is 0. The summed E-state index contributed by atoms with van der Waals surface area (Å²) in [5, 5.41) is 0.261. The Hall–Kier alpha value is -8.86. The Kier molecular flexibility index (Phi) is 8.28. The summed E-state index contributed by atoms with van der Waals surface area (Å²) in [5.74, 6) is 0. The molecular weight excluding hydrogens is 803 g/mol. The Balaban J connectivity index is 1.04. The number of furan rings is 1. The molecule has 10 aromatic carbocycles. The van der Waals surface area contributed by atoms with Gasteiger partial charge in [-0.2, -0.15) is 0 Å². The van der Waals surface area contributed by atoms with E-state index in [4.69, 9.17) is 17.1 Å². The van der Waals surface area contributed by atoms with E-state index < -0.39 is 6.04 Å². The van der Waals surface area contributed by atoms with Gasteiger partial charge < -0.3 is 9.32 Å². The maximum absolute atomic E-state index is 9.74. The minimum Gasteiger partial charge on any atom is -0.456 e. The van der Waals surface area contributed by atoms with Crippen LogP contribution in [0, 0.1) is 0 Å². The molecule has 0 radical (unpaired) electrons. The van der Waals surface area contributed by atoms with Crippen molar-refractivity contribution in [2.45, 2.75) is 0 Å². The third-order valence-electron chi connectivity index (χ3n) is 12.0. The predicted octanol–water partition coefficient (Wildman–Crippen LogP) is 17.0. The lowest BCUT2D eigenvalue weighted by Gasteiger charge is -2.27. The van der Waals surface area contributed by atoms with Crippen LogP contribution in [0.5, 0.6) is 0 Å². The number of anilines is 3. The van der Waals surface area contributed by atoms with Crippen LogP contribution in [0.25, 0.3) is 100.0 Å². The number of para-hydroxylation sites is 3. The molecule has 4 heteroatoms. The first-order valence-corrected chi connectivity index (χ1v) is 21.8. The molecule has 4 nitrogen and oxygen atoms in total. The molecule has 2 heterocycles. The molecular formula is C62H41N3O. The van der Waals surface area contributed by atoms with Crippen LogP contribution in [0.3, 0.4) is 0 Å². The van der Waals surface area contributed by atoms with Gasteiger partial charge in [0.25, 0.3) is 0 Å². The van der Waals surface area contributed by atoms with Crippen molar-refractivity contribution in [3.05, 3.63) is 249 Å². The van der Waals surface area contributed by atoms with E-state index in [0.29, 0.717) is 22.3 Å². The largest absolute Gasteiger partial charge is 0.456 e. The monoisotopic (exact) mass is 849 g/mol. The van der Waals surface area contributed by atoms with Gasteiger partial charge in [-0.15, -0.1) is 0 Å². The topological polar surface area (TPSA) is 42.2 Å². The van der Waals surface area contributed by atoms with Gasteiger partial charge in [-0.25, -0.2) is 9.97 Å². The van der Waals surface area contributed by atoms with Crippen molar-refractivity contribution in [1.82, 2.24) is 9.97 Å². The molecule has 0 N–H and O–H groups in total.